The van der Waals surface area contributed by atoms with Crippen LogP contribution in [-0.4, -0.2) is 46.6 Å². The molecule has 1 fully saturated rings. The third-order valence-corrected chi connectivity index (χ3v) is 8.39. The van der Waals surface area contributed by atoms with Crippen molar-refractivity contribution in [2.75, 3.05) is 13.2 Å². The van der Waals surface area contributed by atoms with Crippen molar-refractivity contribution in [3.8, 4) is 0 Å². The average molecular weight is 529 g/mol. The minimum absolute atomic E-state index is 0.0295. The van der Waals surface area contributed by atoms with E-state index in [2.05, 4.69) is 59.4 Å². The van der Waals surface area contributed by atoms with Crippen molar-refractivity contribution < 1.29 is 20.1 Å². The molecule has 0 aromatic carbocycles. The molecule has 5 atom stereocenters. The molecule has 1 amide bonds. The summed E-state index contributed by atoms with van der Waals surface area (Å²) in [5.41, 5.74) is 0. The highest BCUT2D eigenvalue weighted by Gasteiger charge is 2.37. The zero-order chi connectivity index (χ0) is 23.5. The molecule has 0 bridgehead atoms. The molecule has 1 saturated carbocycles. The molecule has 1 aliphatic rings. The number of aryl methyl sites for hydroxylation is 2. The molecule has 180 valence electrons. The molecule has 0 saturated heterocycles. The van der Waals surface area contributed by atoms with Crippen LogP contribution in [0.4, 0.5) is 0 Å². The predicted molar refractivity (Wildman–Crippen MR) is 135 cm³/mol. The van der Waals surface area contributed by atoms with Gasteiger partial charge in [0.15, 0.2) is 0 Å². The number of carbonyl (C=O) groups excluding carboxylic acids is 1. The number of allylic oxidation sites excluding steroid dienone is 3. The molecule has 1 aliphatic carbocycles. The number of rotatable bonds is 13. The number of nitrogens with one attached hydrogen (secondary N) is 1. The van der Waals surface area contributed by atoms with Crippen LogP contribution < -0.4 is 5.32 Å². The van der Waals surface area contributed by atoms with E-state index in [1.807, 2.05) is 6.08 Å². The summed E-state index contributed by atoms with van der Waals surface area (Å²) in [7, 11) is 0. The van der Waals surface area contributed by atoms with E-state index < -0.39 is 6.10 Å². The highest BCUT2D eigenvalue weighted by molar-refractivity contribution is 9.10. The van der Waals surface area contributed by atoms with E-state index in [4.69, 9.17) is 5.11 Å². The fourth-order valence-corrected chi connectivity index (χ4v) is 5.97. The van der Waals surface area contributed by atoms with Gasteiger partial charge in [0.2, 0.25) is 5.91 Å². The Morgan fingerprint density at radius 3 is 2.88 bits per heavy atom. The van der Waals surface area contributed by atoms with Crippen LogP contribution in [0.1, 0.15) is 55.2 Å². The summed E-state index contributed by atoms with van der Waals surface area (Å²) in [6.07, 6.45) is 12.6. The standard InChI is InChI=1S/C25H38BrNO4S/c1-17-15-24(30)22(7-5-3-4-6-8-25(31)27-13-14-28)21(17)12-10-19(29)9-11-20-16-23(26)18(2)32-20/h3,5,10,12,16-17,19,21-22,24,28-30H,4,6-9,11,13-15H2,1-2H3,(H,27,31)/b5-3-,12-10+/t17-,19+,21+,22-,24?/m1/s1. The summed E-state index contributed by atoms with van der Waals surface area (Å²) in [5, 5.41) is 32.3. The number of aliphatic hydroxyl groups is 3. The minimum Gasteiger partial charge on any atom is -0.395 e. The van der Waals surface area contributed by atoms with Crippen LogP contribution in [0, 0.1) is 24.7 Å². The Kier molecular flexibility index (Phi) is 12.2. The van der Waals surface area contributed by atoms with Crippen LogP contribution in [0.5, 0.6) is 0 Å². The van der Waals surface area contributed by atoms with Gasteiger partial charge in [-0.1, -0.05) is 31.2 Å². The first-order valence-electron chi connectivity index (χ1n) is 11.6. The van der Waals surface area contributed by atoms with Crippen molar-refractivity contribution in [2.24, 2.45) is 17.8 Å². The van der Waals surface area contributed by atoms with Crippen LogP contribution >= 0.6 is 27.3 Å². The van der Waals surface area contributed by atoms with Crippen LogP contribution in [0.2, 0.25) is 0 Å². The second-order valence-electron chi connectivity index (χ2n) is 8.80. The Morgan fingerprint density at radius 1 is 1.41 bits per heavy atom. The van der Waals surface area contributed by atoms with Gasteiger partial charge in [0.1, 0.15) is 0 Å². The molecule has 32 heavy (non-hydrogen) atoms. The molecule has 1 aromatic rings. The molecule has 1 unspecified atom stereocenters. The second kappa shape index (κ2) is 14.3. The van der Waals surface area contributed by atoms with Crippen LogP contribution in [0.3, 0.4) is 0 Å². The summed E-state index contributed by atoms with van der Waals surface area (Å²) < 4.78 is 1.14. The molecular weight excluding hydrogens is 490 g/mol. The quantitative estimate of drug-likeness (QED) is 0.224. The second-order valence-corrected chi connectivity index (χ2v) is 11.0. The first-order chi connectivity index (χ1) is 15.3. The lowest BCUT2D eigenvalue weighted by molar-refractivity contribution is -0.121. The minimum atomic E-state index is -0.478. The monoisotopic (exact) mass is 527 g/mol. The zero-order valence-electron chi connectivity index (χ0n) is 19.2. The number of unbranched alkanes of at least 4 members (excludes halogenated alkanes) is 1. The fourth-order valence-electron chi connectivity index (χ4n) is 4.36. The molecule has 0 radical (unpaired) electrons. The molecule has 0 aliphatic heterocycles. The van der Waals surface area contributed by atoms with Gasteiger partial charge >= 0.3 is 0 Å². The number of aliphatic hydroxyl groups excluding tert-OH is 3. The highest BCUT2D eigenvalue weighted by Crippen LogP contribution is 2.40. The lowest BCUT2D eigenvalue weighted by Crippen LogP contribution is -2.25. The van der Waals surface area contributed by atoms with Crippen LogP contribution in [0.15, 0.2) is 34.8 Å². The van der Waals surface area contributed by atoms with Gasteiger partial charge in [-0.25, -0.2) is 0 Å². The van der Waals surface area contributed by atoms with Gasteiger partial charge in [0.25, 0.3) is 0 Å². The number of hydrogen-bond acceptors (Lipinski definition) is 5. The van der Waals surface area contributed by atoms with Crippen LogP contribution in [0.25, 0.3) is 0 Å². The first-order valence-corrected chi connectivity index (χ1v) is 13.2. The highest BCUT2D eigenvalue weighted by atomic mass is 79.9. The summed E-state index contributed by atoms with van der Waals surface area (Å²) in [4.78, 5) is 14.1. The van der Waals surface area contributed by atoms with Gasteiger partial charge < -0.3 is 20.6 Å². The summed E-state index contributed by atoms with van der Waals surface area (Å²) in [6.45, 7) is 4.53. The van der Waals surface area contributed by atoms with Gasteiger partial charge in [0.05, 0.1) is 18.8 Å². The van der Waals surface area contributed by atoms with E-state index in [1.165, 1.54) is 9.75 Å². The normalized spacial score (nSPS) is 24.6. The van der Waals surface area contributed by atoms with Crippen LogP contribution in [-0.2, 0) is 11.2 Å². The number of thiophene rings is 1. The molecule has 1 aromatic heterocycles. The molecule has 1 heterocycles. The van der Waals surface area contributed by atoms with Gasteiger partial charge in [-0.15, -0.1) is 11.3 Å². The summed E-state index contributed by atoms with van der Waals surface area (Å²) in [5.74, 6) is 0.774. The Labute approximate surface area is 204 Å². The van der Waals surface area contributed by atoms with E-state index in [1.54, 1.807) is 11.3 Å². The molecule has 0 spiro atoms. The summed E-state index contributed by atoms with van der Waals surface area (Å²) in [6, 6.07) is 2.13. The largest absolute Gasteiger partial charge is 0.395 e. The molecular formula is C25H38BrNO4S. The smallest absolute Gasteiger partial charge is 0.220 e. The number of amides is 1. The van der Waals surface area contributed by atoms with E-state index >= 15 is 0 Å². The Bertz CT molecular complexity index is 744. The van der Waals surface area contributed by atoms with Crippen molar-refractivity contribution >= 4 is 33.2 Å². The lowest BCUT2D eigenvalue weighted by Gasteiger charge is -2.20. The SMILES string of the molecule is Cc1sc(CC[C@H](O)/C=C/[C@H]2[C@H](C)CC(O)[C@@H]2C/C=C\CCCC(=O)NCCO)cc1Br. The van der Waals surface area contributed by atoms with E-state index in [0.29, 0.717) is 25.3 Å². The van der Waals surface area contributed by atoms with Crippen molar-refractivity contribution in [1.82, 2.24) is 5.32 Å². The van der Waals surface area contributed by atoms with Gasteiger partial charge in [0, 0.05) is 27.2 Å². The maximum atomic E-state index is 11.5. The third kappa shape index (κ3) is 9.10. The number of halogens is 1. The van der Waals surface area contributed by atoms with Crippen molar-refractivity contribution in [1.29, 1.82) is 0 Å². The van der Waals surface area contributed by atoms with Gasteiger partial charge in [-0.2, -0.15) is 0 Å². The molecule has 5 nitrogen and oxygen atoms in total. The van der Waals surface area contributed by atoms with Gasteiger partial charge in [-0.05, 0) is 85.2 Å². The number of hydrogen-bond donors (Lipinski definition) is 4. The third-order valence-electron chi connectivity index (χ3n) is 6.19. The predicted octanol–water partition coefficient (Wildman–Crippen LogP) is 4.53. The Balaban J connectivity index is 1.77. The number of carbonyl (C=O) groups is 1. The van der Waals surface area contributed by atoms with Crippen molar-refractivity contribution in [2.45, 2.75) is 71.0 Å². The maximum absolute atomic E-state index is 11.5. The lowest BCUT2D eigenvalue weighted by atomic mass is 9.86. The zero-order valence-corrected chi connectivity index (χ0v) is 21.6. The molecule has 4 N–H and O–H groups in total. The fraction of sp³-hybridized carbons (Fsp3) is 0.640. The van der Waals surface area contributed by atoms with Crippen molar-refractivity contribution in [3.63, 3.8) is 0 Å². The Morgan fingerprint density at radius 2 is 2.19 bits per heavy atom. The topological polar surface area (TPSA) is 89.8 Å². The first kappa shape index (κ1) is 27.3. The molecule has 2 rings (SSSR count). The van der Waals surface area contributed by atoms with E-state index in [9.17, 15) is 15.0 Å². The average Bonchev–Trinajstić information content (AvgIpc) is 3.22. The van der Waals surface area contributed by atoms with E-state index in [-0.39, 0.29) is 30.5 Å². The maximum Gasteiger partial charge on any atom is 0.220 e. The van der Waals surface area contributed by atoms with Crippen molar-refractivity contribution in [3.05, 3.63) is 44.6 Å². The van der Waals surface area contributed by atoms with Gasteiger partial charge in [-0.3, -0.25) is 4.79 Å². The Hall–Kier alpha value is -0.990. The molecule has 7 heteroatoms. The van der Waals surface area contributed by atoms with E-state index in [0.717, 1.165) is 36.6 Å². The summed E-state index contributed by atoms with van der Waals surface area (Å²) >= 11 is 5.31.